The fourth-order valence-electron chi connectivity index (χ4n) is 2.66. The Balaban J connectivity index is 2.20. The average molecular weight is 509 g/mol. The second-order valence-corrected chi connectivity index (χ2v) is 9.21. The number of halogens is 1. The van der Waals surface area contributed by atoms with Crippen LogP contribution in [0.5, 0.6) is 5.75 Å². The molecule has 0 unspecified atom stereocenters. The smallest absolute Gasteiger partial charge is 0.259 e. The van der Waals surface area contributed by atoms with Crippen LogP contribution in [-0.4, -0.2) is 52.0 Å². The van der Waals surface area contributed by atoms with E-state index >= 15 is 0 Å². The SMILES string of the molecule is C=CCN(CC=C)S(=O)(=O)c1ccc(NC(=O)c2cc(Br)ccc2OCCOC)cc1. The maximum absolute atomic E-state index is 12.8. The van der Waals surface area contributed by atoms with Gasteiger partial charge in [-0.25, -0.2) is 8.42 Å². The molecule has 31 heavy (non-hydrogen) atoms. The first kappa shape index (κ1) is 24.8. The van der Waals surface area contributed by atoms with Crippen LogP contribution in [0.1, 0.15) is 10.4 Å². The molecule has 0 aromatic heterocycles. The van der Waals surface area contributed by atoms with Gasteiger partial charge in [-0.05, 0) is 42.5 Å². The minimum absolute atomic E-state index is 0.111. The van der Waals surface area contributed by atoms with Crippen LogP contribution < -0.4 is 10.1 Å². The third-order valence-corrected chi connectivity index (χ3v) is 6.49. The van der Waals surface area contributed by atoms with E-state index in [1.54, 1.807) is 25.3 Å². The van der Waals surface area contributed by atoms with Gasteiger partial charge in [0.2, 0.25) is 10.0 Å². The van der Waals surface area contributed by atoms with Crippen molar-refractivity contribution in [2.45, 2.75) is 4.90 Å². The maximum Gasteiger partial charge on any atom is 0.259 e. The van der Waals surface area contributed by atoms with Gasteiger partial charge in [0.1, 0.15) is 12.4 Å². The molecule has 166 valence electrons. The van der Waals surface area contributed by atoms with Gasteiger partial charge in [0.05, 0.1) is 17.1 Å². The molecule has 1 amide bonds. The van der Waals surface area contributed by atoms with Gasteiger partial charge in [-0.15, -0.1) is 13.2 Å². The Hall–Kier alpha value is -2.46. The molecule has 0 saturated heterocycles. The van der Waals surface area contributed by atoms with Crippen molar-refractivity contribution >= 4 is 37.5 Å². The Morgan fingerprint density at radius 1 is 1.10 bits per heavy atom. The molecule has 0 radical (unpaired) electrons. The van der Waals surface area contributed by atoms with Crippen molar-refractivity contribution in [3.8, 4) is 5.75 Å². The highest BCUT2D eigenvalue weighted by Gasteiger charge is 2.22. The molecular formula is C22H25BrN2O5S. The minimum atomic E-state index is -3.71. The zero-order valence-corrected chi connectivity index (χ0v) is 19.6. The molecule has 0 aliphatic heterocycles. The molecular weight excluding hydrogens is 484 g/mol. The number of nitrogens with one attached hydrogen (secondary N) is 1. The van der Waals surface area contributed by atoms with Crippen LogP contribution in [0.15, 0.2) is 77.1 Å². The Kier molecular flexibility index (Phi) is 9.44. The van der Waals surface area contributed by atoms with E-state index in [0.29, 0.717) is 30.2 Å². The largest absolute Gasteiger partial charge is 0.490 e. The summed E-state index contributed by atoms with van der Waals surface area (Å²) in [5.41, 5.74) is 0.788. The summed E-state index contributed by atoms with van der Waals surface area (Å²) in [4.78, 5) is 12.9. The second-order valence-electron chi connectivity index (χ2n) is 6.36. The van der Waals surface area contributed by atoms with Gasteiger partial charge in [0, 0.05) is 30.4 Å². The van der Waals surface area contributed by atoms with Gasteiger partial charge in [-0.2, -0.15) is 4.31 Å². The monoisotopic (exact) mass is 508 g/mol. The highest BCUT2D eigenvalue weighted by Crippen LogP contribution is 2.25. The molecule has 0 fully saturated rings. The molecule has 0 spiro atoms. The lowest BCUT2D eigenvalue weighted by molar-refractivity contribution is 0.101. The molecule has 0 saturated carbocycles. The van der Waals surface area contributed by atoms with Crippen LogP contribution in [0.25, 0.3) is 0 Å². The highest BCUT2D eigenvalue weighted by atomic mass is 79.9. The van der Waals surface area contributed by atoms with E-state index in [0.717, 1.165) is 4.47 Å². The number of benzene rings is 2. The molecule has 9 heteroatoms. The van der Waals surface area contributed by atoms with Gasteiger partial charge in [0.25, 0.3) is 5.91 Å². The summed E-state index contributed by atoms with van der Waals surface area (Å²) in [6.07, 6.45) is 3.03. The van der Waals surface area contributed by atoms with Crippen LogP contribution >= 0.6 is 15.9 Å². The number of hydrogen-bond donors (Lipinski definition) is 1. The zero-order valence-electron chi connectivity index (χ0n) is 17.2. The van der Waals surface area contributed by atoms with E-state index in [1.165, 1.54) is 40.7 Å². The molecule has 0 heterocycles. The van der Waals surface area contributed by atoms with E-state index < -0.39 is 10.0 Å². The van der Waals surface area contributed by atoms with E-state index in [2.05, 4.69) is 34.4 Å². The Bertz CT molecular complexity index is 1010. The Labute approximate surface area is 191 Å². The number of rotatable bonds is 12. The Morgan fingerprint density at radius 3 is 2.32 bits per heavy atom. The molecule has 7 nitrogen and oxygen atoms in total. The summed E-state index contributed by atoms with van der Waals surface area (Å²) in [5.74, 6) is 0.0331. The lowest BCUT2D eigenvalue weighted by Gasteiger charge is -2.19. The molecule has 2 aromatic rings. The molecule has 2 aromatic carbocycles. The summed E-state index contributed by atoms with van der Waals surface area (Å²) < 4.78 is 38.1. The van der Waals surface area contributed by atoms with Crippen LogP contribution in [0.3, 0.4) is 0 Å². The van der Waals surface area contributed by atoms with Crippen molar-refractivity contribution in [1.82, 2.24) is 4.31 Å². The third kappa shape index (κ3) is 6.76. The zero-order chi connectivity index (χ0) is 22.9. The fraction of sp³-hybridized carbons (Fsp3) is 0.227. The van der Waals surface area contributed by atoms with Gasteiger partial charge in [-0.3, -0.25) is 4.79 Å². The number of sulfonamides is 1. The lowest BCUT2D eigenvalue weighted by atomic mass is 10.2. The van der Waals surface area contributed by atoms with E-state index in [-0.39, 0.29) is 23.9 Å². The lowest BCUT2D eigenvalue weighted by Crippen LogP contribution is -2.31. The highest BCUT2D eigenvalue weighted by molar-refractivity contribution is 9.10. The quantitative estimate of drug-likeness (QED) is 0.344. The number of nitrogens with zero attached hydrogens (tertiary/aromatic N) is 1. The predicted molar refractivity (Wildman–Crippen MR) is 125 cm³/mol. The number of amides is 1. The second kappa shape index (κ2) is 11.8. The standard InChI is InChI=1S/C22H25BrN2O5S/c1-4-12-25(13-5-2)31(27,28)19-9-7-18(8-10-19)24-22(26)20-16-17(23)6-11-21(20)30-15-14-29-3/h4-11,16H,1-2,12-15H2,3H3,(H,24,26). The van der Waals surface area contributed by atoms with Crippen molar-refractivity contribution in [2.75, 3.05) is 38.7 Å². The molecule has 0 aliphatic carbocycles. The van der Waals surface area contributed by atoms with Crippen molar-refractivity contribution in [3.05, 3.63) is 77.8 Å². The van der Waals surface area contributed by atoms with Crippen molar-refractivity contribution in [3.63, 3.8) is 0 Å². The maximum atomic E-state index is 12.8. The topological polar surface area (TPSA) is 84.9 Å². The normalized spacial score (nSPS) is 11.2. The molecule has 0 atom stereocenters. The van der Waals surface area contributed by atoms with E-state index in [4.69, 9.17) is 9.47 Å². The van der Waals surface area contributed by atoms with Crippen LogP contribution in [0.2, 0.25) is 0 Å². The first-order valence-corrected chi connectivity index (χ1v) is 11.6. The minimum Gasteiger partial charge on any atom is -0.490 e. The number of carbonyl (C=O) groups excluding carboxylic acids is 1. The summed E-state index contributed by atoms with van der Waals surface area (Å²) in [6.45, 7) is 8.22. The molecule has 0 bridgehead atoms. The van der Waals surface area contributed by atoms with Gasteiger partial charge < -0.3 is 14.8 Å². The van der Waals surface area contributed by atoms with Gasteiger partial charge in [0.15, 0.2) is 0 Å². The molecule has 2 rings (SSSR count). The van der Waals surface area contributed by atoms with Crippen molar-refractivity contribution in [2.24, 2.45) is 0 Å². The molecule has 0 aliphatic rings. The van der Waals surface area contributed by atoms with Gasteiger partial charge >= 0.3 is 0 Å². The third-order valence-electron chi connectivity index (χ3n) is 4.15. The number of carbonyl (C=O) groups is 1. The summed E-state index contributed by atoms with van der Waals surface area (Å²) in [5, 5.41) is 2.76. The fourth-order valence-corrected chi connectivity index (χ4v) is 4.40. The van der Waals surface area contributed by atoms with Crippen molar-refractivity contribution in [1.29, 1.82) is 0 Å². The van der Waals surface area contributed by atoms with Crippen LogP contribution in [0, 0.1) is 0 Å². The first-order valence-electron chi connectivity index (χ1n) is 9.38. The summed E-state index contributed by atoms with van der Waals surface area (Å²) in [6, 6.07) is 11.1. The van der Waals surface area contributed by atoms with Gasteiger partial charge in [-0.1, -0.05) is 28.1 Å². The van der Waals surface area contributed by atoms with Crippen LogP contribution in [-0.2, 0) is 14.8 Å². The molecule has 1 N–H and O–H groups in total. The Morgan fingerprint density at radius 2 is 1.74 bits per heavy atom. The van der Waals surface area contributed by atoms with E-state index in [9.17, 15) is 13.2 Å². The summed E-state index contributed by atoms with van der Waals surface area (Å²) >= 11 is 3.36. The average Bonchev–Trinajstić information content (AvgIpc) is 2.75. The van der Waals surface area contributed by atoms with E-state index in [1.807, 2.05) is 0 Å². The van der Waals surface area contributed by atoms with Crippen molar-refractivity contribution < 1.29 is 22.7 Å². The number of ether oxygens (including phenoxy) is 2. The number of hydrogen-bond acceptors (Lipinski definition) is 5. The summed E-state index contributed by atoms with van der Waals surface area (Å²) in [7, 11) is -2.14. The first-order chi connectivity index (χ1) is 14.8. The number of anilines is 1. The predicted octanol–water partition coefficient (Wildman–Crippen LogP) is 4.09. The number of methoxy groups -OCH3 is 1. The van der Waals surface area contributed by atoms with Crippen LogP contribution in [0.4, 0.5) is 5.69 Å².